The summed E-state index contributed by atoms with van der Waals surface area (Å²) in [5.74, 6) is -3.13. The number of allylic oxidation sites excluding steroid dienone is 1. The summed E-state index contributed by atoms with van der Waals surface area (Å²) in [6.45, 7) is 5.18. The highest BCUT2D eigenvalue weighted by atomic mass is 16.6. The van der Waals surface area contributed by atoms with Crippen LogP contribution in [0.15, 0.2) is 54.6 Å². The van der Waals surface area contributed by atoms with Gasteiger partial charge in [0.15, 0.2) is 0 Å². The predicted octanol–water partition coefficient (Wildman–Crippen LogP) is 3.41. The van der Waals surface area contributed by atoms with E-state index in [1.165, 1.54) is 0 Å². The van der Waals surface area contributed by atoms with Gasteiger partial charge in [-0.15, -0.1) is 0 Å². The lowest BCUT2D eigenvalue weighted by Crippen LogP contribution is -2.55. The van der Waals surface area contributed by atoms with Crippen molar-refractivity contribution in [2.45, 2.75) is 88.7 Å². The molecular weight excluding hydrogens is 574 g/mol. The Hall–Kier alpha value is -3.50. The lowest BCUT2D eigenvalue weighted by molar-refractivity contribution is -0.164. The fourth-order valence-corrected chi connectivity index (χ4v) is 7.32. The number of ether oxygens (including phenoxy) is 2. The molecular formula is C35H47N3O7. The van der Waals surface area contributed by atoms with Crippen LogP contribution in [0.1, 0.15) is 70.5 Å². The first-order valence-corrected chi connectivity index (χ1v) is 16.5. The van der Waals surface area contributed by atoms with Gasteiger partial charge in [-0.3, -0.25) is 19.2 Å². The number of cyclic esters (lactones) is 1. The van der Waals surface area contributed by atoms with Gasteiger partial charge in [-0.05, 0) is 38.2 Å². The Morgan fingerprint density at radius 2 is 1.73 bits per heavy atom. The lowest BCUT2D eigenvalue weighted by Gasteiger charge is -2.35. The molecule has 0 radical (unpaired) electrons. The van der Waals surface area contributed by atoms with Crippen LogP contribution < -0.4 is 0 Å². The van der Waals surface area contributed by atoms with Crippen LogP contribution in [0.5, 0.6) is 0 Å². The minimum Gasteiger partial charge on any atom is -0.455 e. The quantitative estimate of drug-likeness (QED) is 0.255. The van der Waals surface area contributed by atoms with Crippen LogP contribution >= 0.6 is 0 Å². The molecule has 244 valence electrons. The van der Waals surface area contributed by atoms with Crippen LogP contribution in [0.3, 0.4) is 0 Å². The highest BCUT2D eigenvalue weighted by Crippen LogP contribution is 2.53. The van der Waals surface area contributed by atoms with E-state index in [4.69, 9.17) is 9.47 Å². The second-order valence-electron chi connectivity index (χ2n) is 12.7. The molecule has 0 aromatic heterocycles. The van der Waals surface area contributed by atoms with Crippen LogP contribution in [0.2, 0.25) is 0 Å². The Kier molecular flexibility index (Phi) is 10.4. The second kappa shape index (κ2) is 14.3. The molecule has 10 nitrogen and oxygen atoms in total. The first kappa shape index (κ1) is 32.9. The fraction of sp³-hybridized carbons (Fsp3) is 0.600. The number of amides is 3. The Morgan fingerprint density at radius 3 is 2.47 bits per heavy atom. The SMILES string of the molecule is CCCCCN1CC=C[C@]23O[C@@H]4/C=C\CCC(=O)N(C)[C@H](C)[C@@H](c5ccccc5)OC(=O)[C@@H]4[C@H]2C(=O)N(CCCCO)[C@@H]3C1=O. The molecule has 4 aliphatic rings. The van der Waals surface area contributed by atoms with Crippen LogP contribution in [0.25, 0.3) is 0 Å². The van der Waals surface area contributed by atoms with E-state index < -0.39 is 47.7 Å². The van der Waals surface area contributed by atoms with Crippen molar-refractivity contribution in [2.24, 2.45) is 11.8 Å². The van der Waals surface area contributed by atoms with Crippen molar-refractivity contribution >= 4 is 23.7 Å². The minimum atomic E-state index is -1.35. The smallest absolute Gasteiger partial charge is 0.313 e. The number of aliphatic hydroxyl groups excluding tert-OH is 1. The summed E-state index contributed by atoms with van der Waals surface area (Å²) in [5, 5.41) is 9.47. The number of carbonyl (C=O) groups excluding carboxylic acids is 4. The van der Waals surface area contributed by atoms with Gasteiger partial charge in [0.1, 0.15) is 23.7 Å². The van der Waals surface area contributed by atoms with Crippen LogP contribution in [0.4, 0.5) is 0 Å². The Balaban J connectivity index is 1.56. The number of benzene rings is 1. The van der Waals surface area contributed by atoms with Gasteiger partial charge in [-0.2, -0.15) is 0 Å². The monoisotopic (exact) mass is 621 g/mol. The summed E-state index contributed by atoms with van der Waals surface area (Å²) in [4.78, 5) is 61.2. The highest BCUT2D eigenvalue weighted by molar-refractivity contribution is 5.99. The summed E-state index contributed by atoms with van der Waals surface area (Å²) in [5.41, 5.74) is -0.615. The number of esters is 1. The third-order valence-electron chi connectivity index (χ3n) is 9.85. The number of hydrogen-bond donors (Lipinski definition) is 1. The molecule has 0 unspecified atom stereocenters. The van der Waals surface area contributed by atoms with Crippen LogP contribution in [0, 0.1) is 11.8 Å². The molecule has 7 atom stereocenters. The molecule has 45 heavy (non-hydrogen) atoms. The number of nitrogens with zero attached hydrogens (tertiary/aromatic N) is 3. The van der Waals surface area contributed by atoms with E-state index in [9.17, 15) is 24.3 Å². The summed E-state index contributed by atoms with van der Waals surface area (Å²) in [6.07, 6.45) is 10.3. The number of fused-ring (bicyclic) bond motifs is 2. The van der Waals surface area contributed by atoms with Gasteiger partial charge < -0.3 is 29.3 Å². The van der Waals surface area contributed by atoms with E-state index in [0.29, 0.717) is 32.4 Å². The molecule has 3 amide bonds. The molecule has 0 aliphatic carbocycles. The van der Waals surface area contributed by atoms with Gasteiger partial charge in [0.05, 0.1) is 18.1 Å². The van der Waals surface area contributed by atoms with Crippen molar-refractivity contribution in [1.82, 2.24) is 14.7 Å². The topological polar surface area (TPSA) is 117 Å². The third kappa shape index (κ3) is 6.31. The number of hydrogen-bond acceptors (Lipinski definition) is 7. The fourth-order valence-electron chi connectivity index (χ4n) is 7.32. The first-order chi connectivity index (χ1) is 21.7. The van der Waals surface area contributed by atoms with Crippen molar-refractivity contribution in [2.75, 3.05) is 33.3 Å². The van der Waals surface area contributed by atoms with Crippen molar-refractivity contribution in [3.05, 3.63) is 60.2 Å². The maximum atomic E-state index is 14.4. The maximum Gasteiger partial charge on any atom is 0.313 e. The average molecular weight is 622 g/mol. The van der Waals surface area contributed by atoms with Crippen LogP contribution in [-0.4, -0.2) is 101 Å². The standard InChI is InChI=1S/C35H47N3O7/c1-4-5-11-20-37-21-14-19-35-29(32(41)38(22-12-13-23-39)31(35)33(37)42)28-26(45-35)17-9-10-18-27(40)36(3)24(2)30(44-34(28)43)25-15-7-6-8-16-25/h6-9,14-17,19,24,26,28-31,39H,4-5,10-13,18,20-23H2,1-3H3/b17-9-/t24-,26-,28+,29+,30+,31-,35+/m1/s1. The summed E-state index contributed by atoms with van der Waals surface area (Å²) < 4.78 is 13.1. The molecule has 1 spiro atoms. The van der Waals surface area contributed by atoms with Crippen molar-refractivity contribution in [3.63, 3.8) is 0 Å². The van der Waals surface area contributed by atoms with Crippen molar-refractivity contribution in [1.29, 1.82) is 0 Å². The molecule has 2 fully saturated rings. The van der Waals surface area contributed by atoms with E-state index in [-0.39, 0.29) is 37.3 Å². The van der Waals surface area contributed by atoms with E-state index in [1.807, 2.05) is 55.5 Å². The molecule has 4 aliphatic heterocycles. The normalized spacial score (nSPS) is 32.8. The minimum absolute atomic E-state index is 0.0212. The van der Waals surface area contributed by atoms with Crippen molar-refractivity contribution < 1.29 is 33.8 Å². The molecule has 0 saturated carbocycles. The number of likely N-dealkylation sites (tertiary alicyclic amines) is 1. The molecule has 1 aromatic carbocycles. The van der Waals surface area contributed by atoms with Gasteiger partial charge in [-0.25, -0.2) is 0 Å². The zero-order chi connectivity index (χ0) is 32.1. The van der Waals surface area contributed by atoms with Crippen molar-refractivity contribution in [3.8, 4) is 0 Å². The highest BCUT2D eigenvalue weighted by Gasteiger charge is 2.71. The van der Waals surface area contributed by atoms with Gasteiger partial charge in [0.2, 0.25) is 17.7 Å². The number of carbonyl (C=O) groups is 4. The zero-order valence-electron chi connectivity index (χ0n) is 26.7. The van der Waals surface area contributed by atoms with Gasteiger partial charge >= 0.3 is 5.97 Å². The summed E-state index contributed by atoms with van der Waals surface area (Å²) in [7, 11) is 1.71. The Bertz CT molecular complexity index is 1300. The second-order valence-corrected chi connectivity index (χ2v) is 12.7. The number of aliphatic hydroxyl groups is 1. The molecule has 0 bridgehead atoms. The van der Waals surface area contributed by atoms with E-state index in [1.54, 1.807) is 27.8 Å². The predicted molar refractivity (Wildman–Crippen MR) is 168 cm³/mol. The maximum absolute atomic E-state index is 14.4. The molecule has 10 heteroatoms. The van der Waals surface area contributed by atoms with E-state index in [2.05, 4.69) is 6.92 Å². The molecule has 5 rings (SSSR count). The number of rotatable bonds is 9. The Morgan fingerprint density at radius 1 is 0.978 bits per heavy atom. The van der Waals surface area contributed by atoms with Gasteiger partial charge in [0.25, 0.3) is 0 Å². The molecule has 4 heterocycles. The molecule has 2 saturated heterocycles. The van der Waals surface area contributed by atoms with E-state index >= 15 is 0 Å². The van der Waals surface area contributed by atoms with Crippen LogP contribution in [-0.2, 0) is 28.7 Å². The summed E-state index contributed by atoms with van der Waals surface area (Å²) in [6, 6.07) is 7.91. The average Bonchev–Trinajstić information content (AvgIpc) is 3.43. The van der Waals surface area contributed by atoms with E-state index in [0.717, 1.165) is 24.8 Å². The number of unbranched alkanes of at least 4 members (excludes halogenated alkanes) is 3. The van der Waals surface area contributed by atoms with Gasteiger partial charge in [-0.1, -0.05) is 74.4 Å². The largest absolute Gasteiger partial charge is 0.455 e. The lowest BCUT2D eigenvalue weighted by atomic mass is 9.77. The molecule has 1 aromatic rings. The third-order valence-corrected chi connectivity index (χ3v) is 9.85. The number of likely N-dealkylation sites (N-methyl/N-ethyl adjacent to an activating group) is 1. The Labute approximate surface area is 266 Å². The molecule has 1 N–H and O–H groups in total. The first-order valence-electron chi connectivity index (χ1n) is 16.5. The summed E-state index contributed by atoms with van der Waals surface area (Å²) >= 11 is 0. The van der Waals surface area contributed by atoms with Gasteiger partial charge in [0, 0.05) is 39.7 Å². The zero-order valence-corrected chi connectivity index (χ0v) is 26.7.